The Bertz CT molecular complexity index is 1630. The molecule has 2 aliphatic heterocycles. The van der Waals surface area contributed by atoms with Gasteiger partial charge in [0.1, 0.15) is 5.75 Å². The summed E-state index contributed by atoms with van der Waals surface area (Å²) in [5.74, 6) is 0.417. The largest absolute Gasteiger partial charge is 0.508 e. The topological polar surface area (TPSA) is 72.9 Å². The molecule has 4 aromatic rings. The maximum absolute atomic E-state index is 12.2. The number of rotatable bonds is 6. The van der Waals surface area contributed by atoms with E-state index in [0.717, 1.165) is 51.1 Å². The summed E-state index contributed by atoms with van der Waals surface area (Å²) >= 11 is 0. The molecule has 6 heteroatoms. The van der Waals surface area contributed by atoms with E-state index in [0.29, 0.717) is 24.5 Å². The zero-order chi connectivity index (χ0) is 30.0. The van der Waals surface area contributed by atoms with E-state index in [1.807, 2.05) is 24.3 Å². The molecule has 2 heterocycles. The number of hydrogen-bond acceptors (Lipinski definition) is 5. The summed E-state index contributed by atoms with van der Waals surface area (Å²) in [6, 6.07) is 34.3. The Labute approximate surface area is 259 Å². The minimum absolute atomic E-state index is 0.174. The fraction of sp³-hybridized carbons (Fsp3) is 0.316. The number of nitrogens with zero attached hydrogens (tertiary/aromatic N) is 2. The van der Waals surface area contributed by atoms with Crippen LogP contribution in [0.5, 0.6) is 5.75 Å². The first kappa shape index (κ1) is 28.4. The second kappa shape index (κ2) is 12.3. The minimum atomic E-state index is -0.234. The highest BCUT2D eigenvalue weighted by Gasteiger charge is 2.32. The molecule has 0 saturated carbocycles. The minimum Gasteiger partial charge on any atom is -0.508 e. The molecule has 3 aliphatic rings. The standard InChI is InChI=1S/C38H39N3O3/c42-32-15-17-34-30(24-32)12-16-33(27-4-2-1-3-5-27)37(34)29-10-13-31(14-11-29)41-22-20-40(21-23-41)25-26-6-8-28(9-7-26)35-18-19-36(43)39-38(35)44/h1-11,13-15,17,24,33,35,37,42H,12,16,18-23,25H2,(H,39,43,44)/t33-,35?,37+/m0/s1. The van der Waals surface area contributed by atoms with Crippen LogP contribution in [0.3, 0.4) is 0 Å². The molecule has 1 aliphatic carbocycles. The number of imide groups is 1. The first-order valence-electron chi connectivity index (χ1n) is 15.9. The lowest BCUT2D eigenvalue weighted by molar-refractivity contribution is -0.134. The third kappa shape index (κ3) is 5.87. The van der Waals surface area contributed by atoms with E-state index >= 15 is 0 Å². The van der Waals surface area contributed by atoms with Crippen molar-refractivity contribution in [3.8, 4) is 5.75 Å². The molecule has 1 unspecified atom stereocenters. The molecule has 0 radical (unpaired) electrons. The van der Waals surface area contributed by atoms with Gasteiger partial charge < -0.3 is 10.0 Å². The number of carbonyl (C=O) groups excluding carboxylic acids is 2. The molecule has 2 fully saturated rings. The molecule has 2 saturated heterocycles. The van der Waals surface area contributed by atoms with Crippen molar-refractivity contribution in [1.82, 2.24) is 10.2 Å². The third-order valence-corrected chi connectivity index (χ3v) is 9.83. The zero-order valence-electron chi connectivity index (χ0n) is 25.0. The quantitative estimate of drug-likeness (QED) is 0.268. The number of aromatic hydroxyl groups is 1. The van der Waals surface area contributed by atoms with E-state index in [1.165, 1.54) is 33.5 Å². The summed E-state index contributed by atoms with van der Waals surface area (Å²) in [4.78, 5) is 28.7. The van der Waals surface area contributed by atoms with E-state index in [2.05, 4.69) is 87.9 Å². The van der Waals surface area contributed by atoms with Gasteiger partial charge in [-0.1, -0.05) is 72.8 Å². The zero-order valence-corrected chi connectivity index (χ0v) is 25.0. The van der Waals surface area contributed by atoms with Gasteiger partial charge in [0.15, 0.2) is 0 Å². The Morgan fingerprint density at radius 3 is 2.18 bits per heavy atom. The van der Waals surface area contributed by atoms with Crippen molar-refractivity contribution in [3.05, 3.63) is 130 Å². The Kier molecular flexibility index (Phi) is 7.92. The second-order valence-electron chi connectivity index (χ2n) is 12.5. The lowest BCUT2D eigenvalue weighted by Gasteiger charge is -2.37. The number of fused-ring (bicyclic) bond motifs is 1. The van der Waals surface area contributed by atoms with Gasteiger partial charge in [-0.05, 0) is 82.8 Å². The van der Waals surface area contributed by atoms with Crippen molar-refractivity contribution in [2.45, 2.75) is 50.0 Å². The Morgan fingerprint density at radius 1 is 0.727 bits per heavy atom. The Morgan fingerprint density at radius 2 is 1.45 bits per heavy atom. The second-order valence-corrected chi connectivity index (χ2v) is 12.5. The fourth-order valence-electron chi connectivity index (χ4n) is 7.46. The Hall–Kier alpha value is -4.42. The van der Waals surface area contributed by atoms with Crippen LogP contribution in [0.15, 0.2) is 97.1 Å². The summed E-state index contributed by atoms with van der Waals surface area (Å²) in [6.45, 7) is 4.83. The lowest BCUT2D eigenvalue weighted by Crippen LogP contribution is -2.46. The van der Waals surface area contributed by atoms with Crippen LogP contribution in [0.25, 0.3) is 0 Å². The van der Waals surface area contributed by atoms with E-state index in [4.69, 9.17) is 0 Å². The molecule has 6 nitrogen and oxygen atoms in total. The number of hydrogen-bond donors (Lipinski definition) is 2. The number of piperazine rings is 1. The van der Waals surface area contributed by atoms with Crippen molar-refractivity contribution in [1.29, 1.82) is 0 Å². The molecule has 2 N–H and O–H groups in total. The van der Waals surface area contributed by atoms with E-state index in [-0.39, 0.29) is 23.7 Å². The van der Waals surface area contributed by atoms with Gasteiger partial charge in [0, 0.05) is 50.7 Å². The molecule has 0 aromatic heterocycles. The number of carbonyl (C=O) groups is 2. The molecule has 0 bridgehead atoms. The highest BCUT2D eigenvalue weighted by atomic mass is 16.3. The lowest BCUT2D eigenvalue weighted by atomic mass is 9.69. The fourth-order valence-corrected chi connectivity index (χ4v) is 7.46. The third-order valence-electron chi connectivity index (χ3n) is 9.83. The average molecular weight is 586 g/mol. The number of amides is 2. The van der Waals surface area contributed by atoms with Crippen LogP contribution in [0.1, 0.15) is 70.4 Å². The van der Waals surface area contributed by atoms with E-state index in [9.17, 15) is 14.7 Å². The normalized spacial score (nSPS) is 22.4. The summed E-state index contributed by atoms with van der Waals surface area (Å²) in [5.41, 5.74) is 8.78. The Balaban J connectivity index is 1.00. The van der Waals surface area contributed by atoms with E-state index in [1.54, 1.807) is 0 Å². The SMILES string of the molecule is O=C1CCC(c2ccc(CN3CCN(c4ccc([C@H]5c6ccc(O)cc6CC[C@H]5c5ccccc5)cc4)CC3)cc2)C(=O)N1. The van der Waals surface area contributed by atoms with Crippen LogP contribution in [-0.4, -0.2) is 48.0 Å². The number of piperidine rings is 1. The summed E-state index contributed by atoms with van der Waals surface area (Å²) < 4.78 is 0. The molecule has 0 spiro atoms. The van der Waals surface area contributed by atoms with Gasteiger partial charge in [-0.25, -0.2) is 0 Å². The summed E-state index contributed by atoms with van der Waals surface area (Å²) in [5, 5.41) is 12.6. The van der Waals surface area contributed by atoms with Gasteiger partial charge in [-0.3, -0.25) is 19.8 Å². The van der Waals surface area contributed by atoms with Gasteiger partial charge in [-0.2, -0.15) is 0 Å². The smallest absolute Gasteiger partial charge is 0.234 e. The van der Waals surface area contributed by atoms with Gasteiger partial charge in [0.2, 0.25) is 11.8 Å². The van der Waals surface area contributed by atoms with Crippen LogP contribution in [-0.2, 0) is 22.6 Å². The average Bonchev–Trinajstić information content (AvgIpc) is 3.05. The van der Waals surface area contributed by atoms with Crippen LogP contribution >= 0.6 is 0 Å². The number of phenolic OH excluding ortho intramolecular Hbond substituents is 1. The van der Waals surface area contributed by atoms with Crippen molar-refractivity contribution in [3.63, 3.8) is 0 Å². The highest BCUT2D eigenvalue weighted by molar-refractivity contribution is 6.00. The predicted octanol–water partition coefficient (Wildman–Crippen LogP) is 6.10. The van der Waals surface area contributed by atoms with Crippen LogP contribution in [0.4, 0.5) is 5.69 Å². The molecule has 44 heavy (non-hydrogen) atoms. The van der Waals surface area contributed by atoms with Gasteiger partial charge in [-0.15, -0.1) is 0 Å². The molecule has 3 atom stereocenters. The summed E-state index contributed by atoms with van der Waals surface area (Å²) in [6.07, 6.45) is 3.03. The van der Waals surface area contributed by atoms with Crippen molar-refractivity contribution >= 4 is 17.5 Å². The molecule has 4 aromatic carbocycles. The first-order chi connectivity index (χ1) is 21.5. The molecule has 2 amide bonds. The number of nitrogens with one attached hydrogen (secondary N) is 1. The molecule has 7 rings (SSSR count). The maximum Gasteiger partial charge on any atom is 0.234 e. The van der Waals surface area contributed by atoms with Gasteiger partial charge in [0.25, 0.3) is 0 Å². The number of phenols is 1. The first-order valence-corrected chi connectivity index (χ1v) is 15.9. The number of benzene rings is 4. The van der Waals surface area contributed by atoms with Crippen molar-refractivity contribution in [2.24, 2.45) is 0 Å². The maximum atomic E-state index is 12.2. The summed E-state index contributed by atoms with van der Waals surface area (Å²) in [7, 11) is 0. The van der Waals surface area contributed by atoms with Gasteiger partial charge in [0.05, 0.1) is 5.92 Å². The number of aryl methyl sites for hydroxylation is 1. The monoisotopic (exact) mass is 585 g/mol. The highest BCUT2D eigenvalue weighted by Crippen LogP contribution is 2.47. The molecular formula is C38H39N3O3. The van der Waals surface area contributed by atoms with Crippen LogP contribution < -0.4 is 10.2 Å². The van der Waals surface area contributed by atoms with Crippen molar-refractivity contribution in [2.75, 3.05) is 31.1 Å². The van der Waals surface area contributed by atoms with E-state index < -0.39 is 0 Å². The van der Waals surface area contributed by atoms with Crippen LogP contribution in [0, 0.1) is 0 Å². The van der Waals surface area contributed by atoms with Crippen LogP contribution in [0.2, 0.25) is 0 Å². The van der Waals surface area contributed by atoms with Crippen molar-refractivity contribution < 1.29 is 14.7 Å². The molecule has 224 valence electrons. The van der Waals surface area contributed by atoms with Gasteiger partial charge >= 0.3 is 0 Å². The number of anilines is 1. The predicted molar refractivity (Wildman–Crippen MR) is 173 cm³/mol. The molecular weight excluding hydrogens is 546 g/mol.